The van der Waals surface area contributed by atoms with Crippen LogP contribution in [0.1, 0.15) is 25.3 Å². The first kappa shape index (κ1) is 14.6. The van der Waals surface area contributed by atoms with Gasteiger partial charge in [0.1, 0.15) is 5.75 Å². The summed E-state index contributed by atoms with van der Waals surface area (Å²) >= 11 is 5.98. The lowest BCUT2D eigenvalue weighted by Gasteiger charge is -2.13. The number of rotatable bonds is 5. The molecule has 0 radical (unpaired) electrons. The third-order valence-corrected chi connectivity index (χ3v) is 2.97. The highest BCUT2D eigenvalue weighted by Gasteiger charge is 2.22. The fraction of sp³-hybridized carbons (Fsp3) is 0.538. The van der Waals surface area contributed by atoms with E-state index < -0.39 is 0 Å². The smallest absolute Gasteiger partial charge is 0.122 e. The van der Waals surface area contributed by atoms with E-state index >= 15 is 0 Å². The van der Waals surface area contributed by atoms with Gasteiger partial charge in [-0.3, -0.25) is 0 Å². The minimum atomic E-state index is 0. The van der Waals surface area contributed by atoms with Gasteiger partial charge in [0.05, 0.1) is 6.61 Å². The minimum Gasteiger partial charge on any atom is -0.493 e. The Morgan fingerprint density at radius 1 is 1.47 bits per heavy atom. The van der Waals surface area contributed by atoms with Crippen LogP contribution in [0.5, 0.6) is 5.75 Å². The molecule has 0 amide bonds. The Labute approximate surface area is 114 Å². The fourth-order valence-corrected chi connectivity index (χ4v) is 1.88. The molecule has 0 spiro atoms. The normalized spacial score (nSPS) is 16.2. The number of nitrogens with two attached hydrogens (primary N) is 1. The third kappa shape index (κ3) is 4.74. The number of hydrogen-bond acceptors (Lipinski definition) is 2. The second-order valence-corrected chi connectivity index (χ2v) is 5.12. The van der Waals surface area contributed by atoms with Crippen molar-refractivity contribution in [2.45, 2.75) is 32.2 Å². The van der Waals surface area contributed by atoms with Crippen molar-refractivity contribution < 1.29 is 4.74 Å². The molecule has 0 aromatic heterocycles. The Balaban J connectivity index is 0.00000144. The van der Waals surface area contributed by atoms with Gasteiger partial charge in [-0.1, -0.05) is 11.6 Å². The summed E-state index contributed by atoms with van der Waals surface area (Å²) in [5.74, 6) is 1.70. The lowest BCUT2D eigenvalue weighted by molar-refractivity contribution is 0.296. The van der Waals surface area contributed by atoms with Crippen molar-refractivity contribution in [3.05, 3.63) is 28.8 Å². The molecular weight excluding hydrogens is 257 g/mol. The van der Waals surface area contributed by atoms with E-state index in [-0.39, 0.29) is 18.4 Å². The predicted octanol–water partition coefficient (Wildman–Crippen LogP) is 3.44. The highest BCUT2D eigenvalue weighted by Crippen LogP contribution is 2.31. The maximum Gasteiger partial charge on any atom is 0.122 e. The third-order valence-electron chi connectivity index (χ3n) is 2.74. The second kappa shape index (κ2) is 6.48. The molecule has 1 atom stereocenters. The van der Waals surface area contributed by atoms with Crippen molar-refractivity contribution >= 4 is 24.0 Å². The van der Waals surface area contributed by atoms with E-state index in [2.05, 4.69) is 0 Å². The molecule has 2 N–H and O–H groups in total. The molecule has 0 saturated heterocycles. The zero-order valence-electron chi connectivity index (χ0n) is 9.99. The molecule has 17 heavy (non-hydrogen) atoms. The van der Waals surface area contributed by atoms with E-state index in [1.807, 2.05) is 25.1 Å². The van der Waals surface area contributed by atoms with Crippen LogP contribution < -0.4 is 10.5 Å². The molecule has 1 unspecified atom stereocenters. The Morgan fingerprint density at radius 3 is 2.76 bits per heavy atom. The molecule has 1 aliphatic carbocycles. The highest BCUT2D eigenvalue weighted by atomic mass is 35.5. The van der Waals surface area contributed by atoms with Crippen LogP contribution in [-0.2, 0) is 6.42 Å². The topological polar surface area (TPSA) is 35.2 Å². The molecule has 1 saturated carbocycles. The molecular formula is C13H19Cl2NO. The summed E-state index contributed by atoms with van der Waals surface area (Å²) in [4.78, 5) is 0. The van der Waals surface area contributed by atoms with Crippen LogP contribution in [0.2, 0.25) is 5.02 Å². The van der Waals surface area contributed by atoms with Gasteiger partial charge in [0.2, 0.25) is 0 Å². The monoisotopic (exact) mass is 275 g/mol. The number of ether oxygens (including phenoxy) is 1. The zero-order chi connectivity index (χ0) is 11.5. The van der Waals surface area contributed by atoms with Crippen molar-refractivity contribution in [3.8, 4) is 5.75 Å². The van der Waals surface area contributed by atoms with Gasteiger partial charge < -0.3 is 10.5 Å². The summed E-state index contributed by atoms with van der Waals surface area (Å²) in [5.41, 5.74) is 6.93. The van der Waals surface area contributed by atoms with Gasteiger partial charge in [-0.15, -0.1) is 12.4 Å². The summed E-state index contributed by atoms with van der Waals surface area (Å²) in [6.45, 7) is 2.82. The fourth-order valence-electron chi connectivity index (χ4n) is 1.69. The van der Waals surface area contributed by atoms with Gasteiger partial charge in [0, 0.05) is 11.1 Å². The molecule has 2 nitrogen and oxygen atoms in total. The molecule has 1 aromatic rings. The molecule has 0 heterocycles. The predicted molar refractivity (Wildman–Crippen MR) is 74.3 cm³/mol. The van der Waals surface area contributed by atoms with Crippen LogP contribution in [0.15, 0.2) is 18.2 Å². The van der Waals surface area contributed by atoms with Crippen molar-refractivity contribution in [2.24, 2.45) is 11.7 Å². The molecule has 0 bridgehead atoms. The Bertz CT molecular complexity index is 364. The molecule has 96 valence electrons. The van der Waals surface area contributed by atoms with E-state index in [1.165, 1.54) is 12.8 Å². The number of benzene rings is 1. The maximum absolute atomic E-state index is 5.98. The van der Waals surface area contributed by atoms with Crippen LogP contribution in [0.3, 0.4) is 0 Å². The molecule has 4 heteroatoms. The van der Waals surface area contributed by atoms with Gasteiger partial charge in [-0.2, -0.15) is 0 Å². The van der Waals surface area contributed by atoms with E-state index in [0.29, 0.717) is 0 Å². The van der Waals surface area contributed by atoms with E-state index in [0.717, 1.165) is 35.3 Å². The average Bonchev–Trinajstić information content (AvgIpc) is 2.99. The number of hydrogen-bond donors (Lipinski definition) is 1. The van der Waals surface area contributed by atoms with Gasteiger partial charge >= 0.3 is 0 Å². The van der Waals surface area contributed by atoms with Crippen molar-refractivity contribution in [1.29, 1.82) is 0 Å². The quantitative estimate of drug-likeness (QED) is 0.894. The molecule has 1 aromatic carbocycles. The van der Waals surface area contributed by atoms with Gasteiger partial charge in [0.15, 0.2) is 0 Å². The largest absolute Gasteiger partial charge is 0.493 e. The van der Waals surface area contributed by atoms with Gasteiger partial charge in [-0.05, 0) is 55.9 Å². The van der Waals surface area contributed by atoms with Crippen LogP contribution >= 0.6 is 24.0 Å². The van der Waals surface area contributed by atoms with E-state index in [9.17, 15) is 0 Å². The lowest BCUT2D eigenvalue weighted by Crippen LogP contribution is -2.18. The molecule has 1 fully saturated rings. The zero-order valence-corrected chi connectivity index (χ0v) is 11.6. The average molecular weight is 276 g/mol. The first-order chi connectivity index (χ1) is 7.65. The van der Waals surface area contributed by atoms with Crippen molar-refractivity contribution in [3.63, 3.8) is 0 Å². The first-order valence-electron chi connectivity index (χ1n) is 5.82. The Kier molecular flexibility index (Phi) is 5.57. The van der Waals surface area contributed by atoms with Crippen LogP contribution in [-0.4, -0.2) is 12.6 Å². The summed E-state index contributed by atoms with van der Waals surface area (Å²) in [7, 11) is 0. The van der Waals surface area contributed by atoms with Crippen LogP contribution in [0, 0.1) is 5.92 Å². The van der Waals surface area contributed by atoms with Crippen LogP contribution in [0.4, 0.5) is 0 Å². The summed E-state index contributed by atoms with van der Waals surface area (Å²) in [6, 6.07) is 5.89. The molecule has 1 aliphatic rings. The maximum atomic E-state index is 5.98. The summed E-state index contributed by atoms with van der Waals surface area (Å²) in [5, 5.41) is 0.745. The standard InChI is InChI=1S/C13H18ClNO.ClH/c1-9(15)6-11-7-12(14)4-5-13(11)16-8-10-2-3-10;/h4-5,7,9-10H,2-3,6,8,15H2,1H3;1H. The Morgan fingerprint density at radius 2 is 2.18 bits per heavy atom. The van der Waals surface area contributed by atoms with Crippen LogP contribution in [0.25, 0.3) is 0 Å². The first-order valence-corrected chi connectivity index (χ1v) is 6.20. The van der Waals surface area contributed by atoms with E-state index in [1.54, 1.807) is 0 Å². The molecule has 0 aliphatic heterocycles. The Hall–Kier alpha value is -0.440. The summed E-state index contributed by atoms with van der Waals surface area (Å²) in [6.07, 6.45) is 3.41. The van der Waals surface area contributed by atoms with Crippen molar-refractivity contribution in [2.75, 3.05) is 6.61 Å². The molecule has 2 rings (SSSR count). The van der Waals surface area contributed by atoms with Crippen molar-refractivity contribution in [1.82, 2.24) is 0 Å². The summed E-state index contributed by atoms with van der Waals surface area (Å²) < 4.78 is 5.80. The lowest BCUT2D eigenvalue weighted by atomic mass is 10.1. The van der Waals surface area contributed by atoms with Gasteiger partial charge in [-0.25, -0.2) is 0 Å². The minimum absolute atomic E-state index is 0. The van der Waals surface area contributed by atoms with E-state index in [4.69, 9.17) is 22.1 Å². The highest BCUT2D eigenvalue weighted by molar-refractivity contribution is 6.30. The van der Waals surface area contributed by atoms with Gasteiger partial charge in [0.25, 0.3) is 0 Å². The SMILES string of the molecule is CC(N)Cc1cc(Cl)ccc1OCC1CC1.Cl. The number of halogens is 2. The second-order valence-electron chi connectivity index (χ2n) is 4.69.